The summed E-state index contributed by atoms with van der Waals surface area (Å²) >= 11 is 1.50. The molecule has 0 saturated heterocycles. The van der Waals surface area contributed by atoms with Gasteiger partial charge < -0.3 is 10.2 Å². The van der Waals surface area contributed by atoms with E-state index in [9.17, 15) is 10.2 Å². The first-order chi connectivity index (χ1) is 8.61. The molecule has 94 valence electrons. The van der Waals surface area contributed by atoms with Crippen LogP contribution in [0.3, 0.4) is 0 Å². The monoisotopic (exact) mass is 263 g/mol. The minimum absolute atomic E-state index is 0.0118. The molecule has 2 N–H and O–H groups in total. The molecule has 0 aliphatic carbocycles. The van der Waals surface area contributed by atoms with E-state index in [1.165, 1.54) is 29.7 Å². The first kappa shape index (κ1) is 12.4. The molecule has 6 heteroatoms. The highest BCUT2D eigenvalue weighted by Crippen LogP contribution is 2.20. The summed E-state index contributed by atoms with van der Waals surface area (Å²) in [5.74, 6) is 0.00971. The topological polar surface area (TPSA) is 70.1 Å². The summed E-state index contributed by atoms with van der Waals surface area (Å²) in [6, 6.07) is 4.37. The van der Waals surface area contributed by atoms with E-state index in [0.717, 1.165) is 10.5 Å². The molecular formula is C12H13N3O2S. The largest absolute Gasteiger partial charge is 0.508 e. The van der Waals surface area contributed by atoms with Gasteiger partial charge in [-0.15, -0.1) is 11.3 Å². The second kappa shape index (κ2) is 5.05. The number of aromatic nitrogens is 1. The molecular weight excluding hydrogens is 250 g/mol. The molecule has 0 atom stereocenters. The molecule has 2 aromatic rings. The molecule has 0 radical (unpaired) electrons. The van der Waals surface area contributed by atoms with Crippen molar-refractivity contribution < 1.29 is 10.2 Å². The van der Waals surface area contributed by atoms with Crippen molar-refractivity contribution in [3.63, 3.8) is 0 Å². The fraction of sp³-hybridized carbons (Fsp3) is 0.167. The quantitative estimate of drug-likeness (QED) is 0.809. The number of thiazole rings is 1. The Kier molecular flexibility index (Phi) is 3.47. The van der Waals surface area contributed by atoms with Crippen LogP contribution in [-0.4, -0.2) is 28.2 Å². The van der Waals surface area contributed by atoms with Gasteiger partial charge in [-0.2, -0.15) is 5.10 Å². The highest BCUT2D eigenvalue weighted by atomic mass is 32.1. The van der Waals surface area contributed by atoms with Crippen molar-refractivity contribution >= 4 is 17.6 Å². The van der Waals surface area contributed by atoms with E-state index >= 15 is 0 Å². The number of aryl methyl sites for hydroxylation is 1. The van der Waals surface area contributed by atoms with E-state index in [-0.39, 0.29) is 11.5 Å². The highest BCUT2D eigenvalue weighted by molar-refractivity contribution is 7.07. The Morgan fingerprint density at radius 2 is 2.11 bits per heavy atom. The van der Waals surface area contributed by atoms with E-state index in [0.29, 0.717) is 5.56 Å². The van der Waals surface area contributed by atoms with Gasteiger partial charge in [0.1, 0.15) is 11.5 Å². The summed E-state index contributed by atoms with van der Waals surface area (Å²) in [4.78, 5) is 4.89. The van der Waals surface area contributed by atoms with Gasteiger partial charge in [-0.1, -0.05) is 0 Å². The Morgan fingerprint density at radius 1 is 1.33 bits per heavy atom. The standard InChI is InChI=1S/C12H13N3O2S/c1-8-7-18-12(13-2)15(8)14-6-9-3-4-10(16)5-11(9)17/h3-7,16-17H,1-2H3/b13-12?,14-6+. The summed E-state index contributed by atoms with van der Waals surface area (Å²) in [6.07, 6.45) is 1.53. The van der Waals surface area contributed by atoms with Crippen molar-refractivity contribution in [1.82, 2.24) is 4.68 Å². The SMILES string of the molecule is CN=c1scc(C)n1/N=C/c1ccc(O)cc1O. The lowest BCUT2D eigenvalue weighted by Gasteiger charge is -2.00. The van der Waals surface area contributed by atoms with E-state index < -0.39 is 0 Å². The van der Waals surface area contributed by atoms with Gasteiger partial charge in [0.05, 0.1) is 11.9 Å². The van der Waals surface area contributed by atoms with E-state index in [4.69, 9.17) is 0 Å². The van der Waals surface area contributed by atoms with E-state index in [1.807, 2.05) is 12.3 Å². The first-order valence-corrected chi connectivity index (χ1v) is 6.16. The maximum absolute atomic E-state index is 9.63. The predicted molar refractivity (Wildman–Crippen MR) is 71.3 cm³/mol. The van der Waals surface area contributed by atoms with Gasteiger partial charge in [0.25, 0.3) is 0 Å². The van der Waals surface area contributed by atoms with Gasteiger partial charge in [0.2, 0.25) is 4.80 Å². The Hall–Kier alpha value is -2.08. The molecule has 1 heterocycles. The number of benzene rings is 1. The maximum Gasteiger partial charge on any atom is 0.205 e. The zero-order chi connectivity index (χ0) is 13.1. The fourth-order valence-corrected chi connectivity index (χ4v) is 2.21. The predicted octanol–water partition coefficient (Wildman–Crippen LogP) is 1.68. The summed E-state index contributed by atoms with van der Waals surface area (Å²) in [5.41, 5.74) is 1.50. The second-order valence-corrected chi connectivity index (χ2v) is 4.52. The molecule has 0 saturated carbocycles. The fourth-order valence-electron chi connectivity index (χ4n) is 1.44. The molecule has 0 spiro atoms. The van der Waals surface area contributed by atoms with Crippen molar-refractivity contribution in [1.29, 1.82) is 0 Å². The molecule has 0 unspecified atom stereocenters. The number of hydrogen-bond acceptors (Lipinski definition) is 5. The van der Waals surface area contributed by atoms with Crippen LogP contribution in [0.1, 0.15) is 11.3 Å². The molecule has 18 heavy (non-hydrogen) atoms. The number of phenols is 2. The molecule has 0 amide bonds. The van der Waals surface area contributed by atoms with Gasteiger partial charge in [0, 0.05) is 24.1 Å². The van der Waals surface area contributed by atoms with Crippen LogP contribution >= 0.6 is 11.3 Å². The normalized spacial score (nSPS) is 12.4. The van der Waals surface area contributed by atoms with Gasteiger partial charge >= 0.3 is 0 Å². The lowest BCUT2D eigenvalue weighted by Crippen LogP contribution is -2.11. The van der Waals surface area contributed by atoms with Crippen LogP contribution in [0.4, 0.5) is 0 Å². The number of nitrogens with zero attached hydrogens (tertiary/aromatic N) is 3. The zero-order valence-electron chi connectivity index (χ0n) is 10.0. The highest BCUT2D eigenvalue weighted by Gasteiger charge is 2.01. The van der Waals surface area contributed by atoms with Crippen molar-refractivity contribution in [2.24, 2.45) is 10.1 Å². The smallest absolute Gasteiger partial charge is 0.205 e. The summed E-state index contributed by atoms with van der Waals surface area (Å²) in [7, 11) is 1.70. The number of aromatic hydroxyl groups is 2. The lowest BCUT2D eigenvalue weighted by molar-refractivity contribution is 0.450. The molecule has 5 nitrogen and oxygen atoms in total. The van der Waals surface area contributed by atoms with Crippen LogP contribution in [0, 0.1) is 6.92 Å². The Labute approximate surface area is 108 Å². The third kappa shape index (κ3) is 2.43. The average Bonchev–Trinajstić information content (AvgIpc) is 2.69. The minimum Gasteiger partial charge on any atom is -0.508 e. The Balaban J connectivity index is 2.39. The van der Waals surface area contributed by atoms with E-state index in [2.05, 4.69) is 10.1 Å². The van der Waals surface area contributed by atoms with Crippen LogP contribution in [0.5, 0.6) is 11.5 Å². The van der Waals surface area contributed by atoms with Gasteiger partial charge in [-0.05, 0) is 19.1 Å². The van der Waals surface area contributed by atoms with Crippen LogP contribution in [0.25, 0.3) is 0 Å². The molecule has 0 aliphatic rings. The summed E-state index contributed by atoms with van der Waals surface area (Å²) in [5, 5.41) is 25.0. The van der Waals surface area contributed by atoms with Crippen LogP contribution < -0.4 is 4.80 Å². The summed E-state index contributed by atoms with van der Waals surface area (Å²) in [6.45, 7) is 1.93. The molecule has 1 aromatic carbocycles. The number of phenolic OH excluding ortho intramolecular Hbond substituents is 2. The molecule has 2 rings (SSSR count). The molecule has 0 bridgehead atoms. The molecule has 0 aliphatic heterocycles. The third-order valence-corrected chi connectivity index (χ3v) is 3.39. The number of hydrogen-bond donors (Lipinski definition) is 2. The van der Waals surface area contributed by atoms with Crippen LogP contribution in [-0.2, 0) is 0 Å². The van der Waals surface area contributed by atoms with Crippen molar-refractivity contribution in [3.05, 3.63) is 39.6 Å². The van der Waals surface area contributed by atoms with Crippen LogP contribution in [0.15, 0.2) is 33.7 Å². The number of rotatable bonds is 2. The minimum atomic E-state index is -0.0118. The van der Waals surface area contributed by atoms with Gasteiger partial charge in [-0.3, -0.25) is 4.99 Å². The first-order valence-electron chi connectivity index (χ1n) is 5.28. The Bertz CT molecular complexity index is 656. The lowest BCUT2D eigenvalue weighted by atomic mass is 10.2. The maximum atomic E-state index is 9.63. The second-order valence-electron chi connectivity index (χ2n) is 3.68. The molecule has 0 fully saturated rings. The van der Waals surface area contributed by atoms with Crippen molar-refractivity contribution in [2.75, 3.05) is 7.05 Å². The Morgan fingerprint density at radius 3 is 2.78 bits per heavy atom. The zero-order valence-corrected chi connectivity index (χ0v) is 10.8. The van der Waals surface area contributed by atoms with E-state index in [1.54, 1.807) is 17.8 Å². The van der Waals surface area contributed by atoms with Crippen LogP contribution in [0.2, 0.25) is 0 Å². The summed E-state index contributed by atoms with van der Waals surface area (Å²) < 4.78 is 1.69. The van der Waals surface area contributed by atoms with Crippen molar-refractivity contribution in [2.45, 2.75) is 6.92 Å². The van der Waals surface area contributed by atoms with Gasteiger partial charge in [-0.25, -0.2) is 4.68 Å². The third-order valence-electron chi connectivity index (χ3n) is 2.37. The van der Waals surface area contributed by atoms with Crippen molar-refractivity contribution in [3.8, 4) is 11.5 Å². The average molecular weight is 263 g/mol. The van der Waals surface area contributed by atoms with Gasteiger partial charge in [0.15, 0.2) is 0 Å². The molecule has 1 aromatic heterocycles.